The van der Waals surface area contributed by atoms with Crippen LogP contribution in [-0.4, -0.2) is 98.7 Å². The van der Waals surface area contributed by atoms with E-state index in [2.05, 4.69) is 22.5 Å². The van der Waals surface area contributed by atoms with Crippen molar-refractivity contribution in [1.29, 1.82) is 0 Å². The van der Waals surface area contributed by atoms with Gasteiger partial charge in [0.15, 0.2) is 5.96 Å². The molecule has 0 bridgehead atoms. The number of morpholine rings is 1. The van der Waals surface area contributed by atoms with Gasteiger partial charge in [0.2, 0.25) is 5.91 Å². The normalized spacial score (nSPS) is 26.8. The van der Waals surface area contributed by atoms with Gasteiger partial charge in [0.05, 0.1) is 30.7 Å². The number of aliphatic imine (C=N–C) groups is 1. The summed E-state index contributed by atoms with van der Waals surface area (Å²) in [5.74, 6) is 3.43. The van der Waals surface area contributed by atoms with Crippen molar-refractivity contribution in [3.05, 3.63) is 0 Å². The van der Waals surface area contributed by atoms with Crippen LogP contribution in [0.15, 0.2) is 4.99 Å². The van der Waals surface area contributed by atoms with Gasteiger partial charge in [-0.25, -0.2) is 0 Å². The number of thioether (sulfide) groups is 1. The van der Waals surface area contributed by atoms with Crippen molar-refractivity contribution in [2.45, 2.75) is 44.6 Å². The lowest BCUT2D eigenvalue weighted by Crippen LogP contribution is -2.56. The summed E-state index contributed by atoms with van der Waals surface area (Å²) in [6.07, 6.45) is 5.37. The Morgan fingerprint density at radius 1 is 1.17 bits per heavy atom. The molecule has 2 aliphatic heterocycles. The number of amides is 1. The largest absolute Gasteiger partial charge is 0.379 e. The molecule has 0 aromatic carbocycles. The standard InChI is InChI=1S/C21H39N5O2S.HI/c1-4-22-19(23-15-20(7-5-6-8-20)18(27)25(2)3)24-16-21(9-14-29-17-21)26-10-12-28-13-11-26;/h4-17H2,1-3H3,(H2,22,23,24);1H. The van der Waals surface area contributed by atoms with Gasteiger partial charge >= 0.3 is 0 Å². The first kappa shape index (κ1) is 26.0. The van der Waals surface area contributed by atoms with Crippen LogP contribution in [0.5, 0.6) is 0 Å². The van der Waals surface area contributed by atoms with Crippen molar-refractivity contribution in [3.8, 4) is 0 Å². The number of guanidine groups is 1. The third kappa shape index (κ3) is 6.16. The molecule has 0 spiro atoms. The molecule has 1 atom stereocenters. The van der Waals surface area contributed by atoms with Crippen LogP contribution >= 0.6 is 35.7 Å². The van der Waals surface area contributed by atoms with E-state index in [9.17, 15) is 4.79 Å². The predicted octanol–water partition coefficient (Wildman–Crippen LogP) is 2.02. The van der Waals surface area contributed by atoms with Crippen molar-refractivity contribution >= 4 is 47.6 Å². The van der Waals surface area contributed by atoms with Gasteiger partial charge in [0, 0.05) is 46.0 Å². The van der Waals surface area contributed by atoms with Crippen molar-refractivity contribution in [3.63, 3.8) is 0 Å². The molecule has 7 nitrogen and oxygen atoms in total. The summed E-state index contributed by atoms with van der Waals surface area (Å²) in [4.78, 5) is 22.2. The summed E-state index contributed by atoms with van der Waals surface area (Å²) in [7, 11) is 3.73. The van der Waals surface area contributed by atoms with Crippen LogP contribution in [0, 0.1) is 5.41 Å². The number of carbonyl (C=O) groups is 1. The van der Waals surface area contributed by atoms with Crippen LogP contribution in [0.3, 0.4) is 0 Å². The molecule has 174 valence electrons. The lowest BCUT2D eigenvalue weighted by molar-refractivity contribution is -0.138. The van der Waals surface area contributed by atoms with Crippen LogP contribution in [-0.2, 0) is 9.53 Å². The Balaban J connectivity index is 0.00000320. The van der Waals surface area contributed by atoms with E-state index >= 15 is 0 Å². The molecule has 3 rings (SSSR count). The molecular weight excluding hydrogens is 513 g/mol. The Bertz CT molecular complexity index is 572. The Hall–Kier alpha value is -0.260. The van der Waals surface area contributed by atoms with Crippen LogP contribution in [0.25, 0.3) is 0 Å². The van der Waals surface area contributed by atoms with Crippen LogP contribution in [0.1, 0.15) is 39.0 Å². The highest BCUT2D eigenvalue weighted by atomic mass is 127. The molecule has 1 unspecified atom stereocenters. The number of carbonyl (C=O) groups excluding carboxylic acids is 1. The zero-order valence-corrected chi connectivity index (χ0v) is 22.0. The Morgan fingerprint density at radius 3 is 2.43 bits per heavy atom. The second kappa shape index (κ2) is 12.1. The van der Waals surface area contributed by atoms with E-state index in [1.807, 2.05) is 25.9 Å². The third-order valence-corrected chi connectivity index (χ3v) is 7.89. The van der Waals surface area contributed by atoms with Crippen molar-refractivity contribution < 1.29 is 9.53 Å². The molecule has 3 fully saturated rings. The molecule has 1 aliphatic carbocycles. The van der Waals surface area contributed by atoms with Crippen LogP contribution < -0.4 is 10.6 Å². The fourth-order valence-electron chi connectivity index (χ4n) is 4.92. The highest BCUT2D eigenvalue weighted by Gasteiger charge is 2.43. The molecule has 1 saturated carbocycles. The minimum Gasteiger partial charge on any atom is -0.379 e. The van der Waals surface area contributed by atoms with Gasteiger partial charge in [-0.1, -0.05) is 12.8 Å². The molecule has 2 saturated heterocycles. The number of rotatable bonds is 7. The lowest BCUT2D eigenvalue weighted by atomic mass is 9.84. The number of nitrogens with one attached hydrogen (secondary N) is 2. The lowest BCUT2D eigenvalue weighted by Gasteiger charge is -2.42. The monoisotopic (exact) mass is 553 g/mol. The molecular formula is C21H40IN5O2S. The fraction of sp³-hybridized carbons (Fsp3) is 0.905. The maximum absolute atomic E-state index is 12.9. The first-order valence-electron chi connectivity index (χ1n) is 11.2. The summed E-state index contributed by atoms with van der Waals surface area (Å²) in [6, 6.07) is 0. The van der Waals surface area contributed by atoms with E-state index in [1.165, 1.54) is 12.2 Å². The average molecular weight is 554 g/mol. The summed E-state index contributed by atoms with van der Waals surface area (Å²) in [5.41, 5.74) is -0.147. The summed E-state index contributed by atoms with van der Waals surface area (Å²) in [5, 5.41) is 6.92. The predicted molar refractivity (Wildman–Crippen MR) is 136 cm³/mol. The fourth-order valence-corrected chi connectivity index (χ4v) is 6.39. The minimum atomic E-state index is -0.287. The maximum Gasteiger partial charge on any atom is 0.230 e. The molecule has 3 aliphatic rings. The first-order valence-corrected chi connectivity index (χ1v) is 12.3. The van der Waals surface area contributed by atoms with Gasteiger partial charge < -0.3 is 20.3 Å². The minimum absolute atomic E-state index is 0. The molecule has 1 amide bonds. The quantitative estimate of drug-likeness (QED) is 0.286. The Kier molecular flexibility index (Phi) is 10.5. The van der Waals surface area contributed by atoms with E-state index in [-0.39, 0.29) is 40.8 Å². The molecule has 0 radical (unpaired) electrons. The van der Waals surface area contributed by atoms with Gasteiger partial charge in [-0.3, -0.25) is 14.7 Å². The maximum atomic E-state index is 12.9. The second-order valence-electron chi connectivity index (χ2n) is 8.86. The zero-order valence-electron chi connectivity index (χ0n) is 18.9. The van der Waals surface area contributed by atoms with Gasteiger partial charge in [-0.15, -0.1) is 24.0 Å². The average Bonchev–Trinajstić information content (AvgIpc) is 3.41. The summed E-state index contributed by atoms with van der Waals surface area (Å²) < 4.78 is 5.57. The Labute approximate surface area is 203 Å². The van der Waals surface area contributed by atoms with Crippen LogP contribution in [0.2, 0.25) is 0 Å². The van der Waals surface area contributed by atoms with E-state index in [1.54, 1.807) is 4.90 Å². The number of hydrogen-bond acceptors (Lipinski definition) is 5. The Morgan fingerprint density at radius 2 is 1.87 bits per heavy atom. The zero-order chi connectivity index (χ0) is 20.7. The number of halogens is 1. The van der Waals surface area contributed by atoms with Gasteiger partial charge in [0.25, 0.3) is 0 Å². The van der Waals surface area contributed by atoms with E-state index in [4.69, 9.17) is 9.73 Å². The summed E-state index contributed by atoms with van der Waals surface area (Å²) in [6.45, 7) is 8.02. The van der Waals surface area contributed by atoms with Crippen molar-refractivity contribution in [2.75, 3.05) is 71.5 Å². The molecule has 2 heterocycles. The highest BCUT2D eigenvalue weighted by molar-refractivity contribution is 14.0. The molecule has 0 aromatic heterocycles. The smallest absolute Gasteiger partial charge is 0.230 e. The highest BCUT2D eigenvalue weighted by Crippen LogP contribution is 2.39. The van der Waals surface area contributed by atoms with Crippen molar-refractivity contribution in [2.24, 2.45) is 10.4 Å². The first-order chi connectivity index (χ1) is 14.0. The van der Waals surface area contributed by atoms with Gasteiger partial charge in [-0.05, 0) is 31.9 Å². The van der Waals surface area contributed by atoms with Gasteiger partial charge in [-0.2, -0.15) is 11.8 Å². The third-order valence-electron chi connectivity index (χ3n) is 6.65. The molecule has 0 aromatic rings. The van der Waals surface area contributed by atoms with Gasteiger partial charge in [0.1, 0.15) is 0 Å². The number of hydrogen-bond donors (Lipinski definition) is 2. The number of ether oxygens (including phenoxy) is 1. The SMILES string of the molecule is CCNC(=NCC1(N2CCOCC2)CCSC1)NCC1(C(=O)N(C)C)CCCC1.I. The van der Waals surface area contributed by atoms with E-state index < -0.39 is 0 Å². The van der Waals surface area contributed by atoms with E-state index in [0.29, 0.717) is 6.54 Å². The number of nitrogens with zero attached hydrogens (tertiary/aromatic N) is 3. The summed E-state index contributed by atoms with van der Waals surface area (Å²) >= 11 is 2.04. The van der Waals surface area contributed by atoms with E-state index in [0.717, 1.165) is 76.8 Å². The topological polar surface area (TPSA) is 69.2 Å². The molecule has 30 heavy (non-hydrogen) atoms. The second-order valence-corrected chi connectivity index (χ2v) is 9.97. The van der Waals surface area contributed by atoms with Crippen molar-refractivity contribution in [1.82, 2.24) is 20.4 Å². The molecule has 2 N–H and O–H groups in total. The van der Waals surface area contributed by atoms with Crippen LogP contribution in [0.4, 0.5) is 0 Å². The molecule has 9 heteroatoms.